The van der Waals surface area contributed by atoms with Gasteiger partial charge in [0.1, 0.15) is 11.3 Å². The quantitative estimate of drug-likeness (QED) is 0.476. The van der Waals surface area contributed by atoms with Gasteiger partial charge in [0, 0.05) is 23.3 Å². The van der Waals surface area contributed by atoms with Crippen LogP contribution in [0.15, 0.2) is 60.2 Å². The number of benzene rings is 2. The lowest BCUT2D eigenvalue weighted by Gasteiger charge is -2.06. The van der Waals surface area contributed by atoms with E-state index in [4.69, 9.17) is 9.47 Å². The molecule has 0 atom stereocenters. The Morgan fingerprint density at radius 2 is 1.90 bits per heavy atom. The highest BCUT2D eigenvalue weighted by Crippen LogP contribution is 2.31. The fraction of sp³-hybridized carbons (Fsp3) is 0.0952. The van der Waals surface area contributed by atoms with Gasteiger partial charge in [-0.3, -0.25) is 20.1 Å². The van der Waals surface area contributed by atoms with Gasteiger partial charge in [0.05, 0.1) is 23.9 Å². The van der Waals surface area contributed by atoms with Gasteiger partial charge in [0.15, 0.2) is 11.7 Å². The lowest BCUT2D eigenvalue weighted by atomic mass is 10.1. The maximum atomic E-state index is 12.4. The molecule has 30 heavy (non-hydrogen) atoms. The molecule has 9 heteroatoms. The summed E-state index contributed by atoms with van der Waals surface area (Å²) in [5.74, 6) is -0.450. The number of nitrogens with one attached hydrogen (secondary N) is 1. The van der Waals surface area contributed by atoms with Gasteiger partial charge in [0.25, 0.3) is 5.91 Å². The average molecular weight is 420 g/mol. The molecule has 1 N–H and O–H groups in total. The molecule has 0 unspecified atom stereocenters. The number of methoxy groups -OCH3 is 1. The van der Waals surface area contributed by atoms with Crippen LogP contribution >= 0.6 is 11.3 Å². The van der Waals surface area contributed by atoms with Crippen molar-refractivity contribution < 1.29 is 19.1 Å². The van der Waals surface area contributed by atoms with E-state index in [1.807, 2.05) is 29.6 Å². The van der Waals surface area contributed by atoms with E-state index in [0.29, 0.717) is 27.6 Å². The van der Waals surface area contributed by atoms with Crippen molar-refractivity contribution in [1.82, 2.24) is 15.0 Å². The number of aromatic nitrogens is 3. The van der Waals surface area contributed by atoms with E-state index < -0.39 is 18.5 Å². The summed E-state index contributed by atoms with van der Waals surface area (Å²) in [6, 6.07) is 12.5. The van der Waals surface area contributed by atoms with Crippen LogP contribution in [0.5, 0.6) is 5.75 Å². The molecule has 0 aliphatic rings. The average Bonchev–Trinajstić information content (AvgIpc) is 3.25. The number of hydrogen-bond acceptors (Lipinski definition) is 8. The fourth-order valence-electron chi connectivity index (χ4n) is 2.83. The molecule has 0 radical (unpaired) electrons. The van der Waals surface area contributed by atoms with Gasteiger partial charge in [-0.2, -0.15) is 0 Å². The van der Waals surface area contributed by atoms with Crippen molar-refractivity contribution in [3.05, 3.63) is 65.8 Å². The first-order chi connectivity index (χ1) is 14.7. The van der Waals surface area contributed by atoms with E-state index >= 15 is 0 Å². The van der Waals surface area contributed by atoms with Gasteiger partial charge in [0.2, 0.25) is 0 Å². The fourth-order valence-corrected chi connectivity index (χ4v) is 3.56. The molecule has 2 aromatic heterocycles. The summed E-state index contributed by atoms with van der Waals surface area (Å²) in [5.41, 5.74) is 2.75. The molecule has 4 rings (SSSR count). The Labute approximate surface area is 175 Å². The molecule has 0 saturated carbocycles. The second kappa shape index (κ2) is 8.66. The summed E-state index contributed by atoms with van der Waals surface area (Å²) in [5, 5.41) is 4.85. The van der Waals surface area contributed by atoms with Crippen molar-refractivity contribution in [2.75, 3.05) is 19.0 Å². The summed E-state index contributed by atoms with van der Waals surface area (Å²) >= 11 is 1.27. The Morgan fingerprint density at radius 1 is 1.07 bits per heavy atom. The molecular weight excluding hydrogens is 404 g/mol. The number of carbonyl (C=O) groups excluding carboxylic acids is 2. The predicted octanol–water partition coefficient (Wildman–Crippen LogP) is 3.56. The summed E-state index contributed by atoms with van der Waals surface area (Å²) in [6.07, 6.45) is 3.03. The number of carbonyl (C=O) groups is 2. The minimum absolute atomic E-state index is 0.251. The second-order valence-corrected chi connectivity index (χ2v) is 6.95. The predicted molar refractivity (Wildman–Crippen MR) is 113 cm³/mol. The number of esters is 1. The van der Waals surface area contributed by atoms with E-state index in [-0.39, 0.29) is 5.56 Å². The molecule has 1 amide bonds. The molecule has 0 fully saturated rings. The molecule has 0 aliphatic heterocycles. The molecule has 0 spiro atoms. The van der Waals surface area contributed by atoms with Crippen molar-refractivity contribution in [2.45, 2.75) is 0 Å². The topological polar surface area (TPSA) is 103 Å². The monoisotopic (exact) mass is 420 g/mol. The number of rotatable bonds is 6. The number of fused-ring (bicyclic) bond motifs is 1. The summed E-state index contributed by atoms with van der Waals surface area (Å²) in [7, 11) is 1.59. The third kappa shape index (κ3) is 4.11. The molecule has 2 heterocycles. The number of anilines is 1. The lowest BCUT2D eigenvalue weighted by Crippen LogP contribution is -2.21. The SMILES string of the molecule is COc1ccccc1-c1csc(NC(=O)COC(=O)c2cccc3nccnc23)n1. The van der Waals surface area contributed by atoms with Crippen LogP contribution in [0, 0.1) is 0 Å². The molecule has 4 aromatic rings. The molecule has 2 aromatic carbocycles. The third-order valence-corrected chi connectivity index (χ3v) is 4.94. The molecular formula is C21H16N4O4S. The van der Waals surface area contributed by atoms with E-state index in [0.717, 1.165) is 5.56 Å². The van der Waals surface area contributed by atoms with E-state index in [2.05, 4.69) is 20.3 Å². The van der Waals surface area contributed by atoms with Gasteiger partial charge in [-0.1, -0.05) is 18.2 Å². The zero-order valence-corrected chi connectivity index (χ0v) is 16.7. The standard InChI is InChI=1S/C21H16N4O4S/c1-28-17-8-3-2-5-13(17)16-12-30-21(24-16)25-18(26)11-29-20(27)14-6-4-7-15-19(14)23-10-9-22-15/h2-10,12H,11H2,1H3,(H,24,25,26). The van der Waals surface area contributed by atoms with Crippen LogP contribution in [0.1, 0.15) is 10.4 Å². The van der Waals surface area contributed by atoms with Crippen LogP contribution in [0.2, 0.25) is 0 Å². The Balaban J connectivity index is 1.40. The molecule has 8 nitrogen and oxygen atoms in total. The third-order valence-electron chi connectivity index (χ3n) is 4.19. The van der Waals surface area contributed by atoms with E-state index in [1.54, 1.807) is 25.3 Å². The summed E-state index contributed by atoms with van der Waals surface area (Å²) in [4.78, 5) is 37.3. The van der Waals surface area contributed by atoms with Gasteiger partial charge in [-0.15, -0.1) is 11.3 Å². The lowest BCUT2D eigenvalue weighted by molar-refractivity contribution is -0.119. The maximum absolute atomic E-state index is 12.4. The number of amides is 1. The van der Waals surface area contributed by atoms with Gasteiger partial charge in [-0.25, -0.2) is 9.78 Å². The van der Waals surface area contributed by atoms with Crippen molar-refractivity contribution >= 4 is 39.4 Å². The van der Waals surface area contributed by atoms with Crippen molar-refractivity contribution in [1.29, 1.82) is 0 Å². The van der Waals surface area contributed by atoms with E-state index in [1.165, 1.54) is 23.7 Å². The highest BCUT2D eigenvalue weighted by Gasteiger charge is 2.16. The number of nitrogens with zero attached hydrogens (tertiary/aromatic N) is 3. The van der Waals surface area contributed by atoms with Crippen molar-refractivity contribution in [3.8, 4) is 17.0 Å². The minimum Gasteiger partial charge on any atom is -0.496 e. The smallest absolute Gasteiger partial charge is 0.340 e. The number of ether oxygens (including phenoxy) is 2. The summed E-state index contributed by atoms with van der Waals surface area (Å²) < 4.78 is 10.5. The second-order valence-electron chi connectivity index (χ2n) is 6.09. The van der Waals surface area contributed by atoms with Crippen LogP contribution in [0.4, 0.5) is 5.13 Å². The number of thiazole rings is 1. The van der Waals surface area contributed by atoms with Crippen LogP contribution in [0.3, 0.4) is 0 Å². The molecule has 0 aliphatic carbocycles. The zero-order chi connectivity index (χ0) is 20.9. The first-order valence-electron chi connectivity index (χ1n) is 8.91. The van der Waals surface area contributed by atoms with Crippen LogP contribution in [-0.4, -0.2) is 40.5 Å². The number of hydrogen-bond donors (Lipinski definition) is 1. The number of para-hydroxylation sites is 2. The largest absolute Gasteiger partial charge is 0.496 e. The van der Waals surface area contributed by atoms with Crippen LogP contribution < -0.4 is 10.1 Å². The molecule has 0 bridgehead atoms. The Morgan fingerprint density at radius 3 is 2.77 bits per heavy atom. The Kier molecular flexibility index (Phi) is 5.62. The highest BCUT2D eigenvalue weighted by atomic mass is 32.1. The molecule has 150 valence electrons. The van der Waals surface area contributed by atoms with Gasteiger partial charge in [-0.05, 0) is 24.3 Å². The van der Waals surface area contributed by atoms with Crippen LogP contribution in [0.25, 0.3) is 22.3 Å². The van der Waals surface area contributed by atoms with Gasteiger partial charge < -0.3 is 9.47 Å². The first-order valence-corrected chi connectivity index (χ1v) is 9.79. The first kappa shape index (κ1) is 19.5. The van der Waals surface area contributed by atoms with Crippen LogP contribution in [-0.2, 0) is 9.53 Å². The van der Waals surface area contributed by atoms with E-state index in [9.17, 15) is 9.59 Å². The normalized spacial score (nSPS) is 10.6. The van der Waals surface area contributed by atoms with Crippen molar-refractivity contribution in [2.24, 2.45) is 0 Å². The Bertz CT molecular complexity index is 1220. The van der Waals surface area contributed by atoms with Crippen molar-refractivity contribution in [3.63, 3.8) is 0 Å². The Hall–Kier alpha value is -3.85. The maximum Gasteiger partial charge on any atom is 0.340 e. The molecule has 0 saturated heterocycles. The minimum atomic E-state index is -0.648. The van der Waals surface area contributed by atoms with Gasteiger partial charge >= 0.3 is 5.97 Å². The zero-order valence-electron chi connectivity index (χ0n) is 15.9. The highest BCUT2D eigenvalue weighted by molar-refractivity contribution is 7.14. The summed E-state index contributed by atoms with van der Waals surface area (Å²) in [6.45, 7) is -0.445.